The summed E-state index contributed by atoms with van der Waals surface area (Å²) in [6, 6.07) is 10.9. The summed E-state index contributed by atoms with van der Waals surface area (Å²) in [5, 5.41) is 0. The van der Waals surface area contributed by atoms with Crippen LogP contribution in [0.4, 0.5) is 11.4 Å². The molecular weight excluding hydrogens is 328 g/mol. The molecule has 1 aliphatic rings. The lowest BCUT2D eigenvalue weighted by atomic mass is 9.98. The molecule has 1 aliphatic carbocycles. The summed E-state index contributed by atoms with van der Waals surface area (Å²) in [4.78, 5) is 9.08. The molecular formula is C20H16N4O2. The zero-order chi connectivity index (χ0) is 17.7. The summed E-state index contributed by atoms with van der Waals surface area (Å²) in [5.74, 6) is 1.26. The molecule has 128 valence electrons. The first kappa shape index (κ1) is 14.8. The van der Waals surface area contributed by atoms with E-state index in [0.29, 0.717) is 23.2 Å². The van der Waals surface area contributed by atoms with Crippen LogP contribution in [0.5, 0.6) is 0 Å². The molecule has 2 heterocycles. The van der Waals surface area contributed by atoms with E-state index in [4.69, 9.17) is 20.3 Å². The van der Waals surface area contributed by atoms with Gasteiger partial charge in [0.15, 0.2) is 11.2 Å². The van der Waals surface area contributed by atoms with E-state index >= 15 is 0 Å². The quantitative estimate of drug-likeness (QED) is 0.522. The molecule has 0 spiro atoms. The predicted molar refractivity (Wildman–Crippen MR) is 102 cm³/mol. The van der Waals surface area contributed by atoms with Crippen molar-refractivity contribution >= 4 is 44.7 Å². The van der Waals surface area contributed by atoms with Crippen molar-refractivity contribution in [3.05, 3.63) is 60.3 Å². The SMILES string of the molecule is Nc1ccc2oc(C3=CC=C(c4nc5cc(N)ccc5o4)CC3)nc2c1. The molecule has 0 unspecified atom stereocenters. The minimum atomic E-state index is 0.631. The van der Waals surface area contributed by atoms with E-state index in [1.807, 2.05) is 48.6 Å². The van der Waals surface area contributed by atoms with Crippen molar-refractivity contribution in [3.8, 4) is 0 Å². The second-order valence-electron chi connectivity index (χ2n) is 6.38. The molecule has 0 amide bonds. The van der Waals surface area contributed by atoms with E-state index in [1.54, 1.807) is 0 Å². The van der Waals surface area contributed by atoms with Crippen LogP contribution in [0, 0.1) is 0 Å². The van der Waals surface area contributed by atoms with E-state index in [-0.39, 0.29) is 0 Å². The number of hydrogen-bond donors (Lipinski definition) is 2. The number of nitrogens with zero attached hydrogens (tertiary/aromatic N) is 2. The number of nitrogen functional groups attached to an aromatic ring is 2. The van der Waals surface area contributed by atoms with Crippen molar-refractivity contribution in [3.63, 3.8) is 0 Å². The fourth-order valence-corrected chi connectivity index (χ4v) is 3.16. The van der Waals surface area contributed by atoms with E-state index in [0.717, 1.165) is 46.2 Å². The third-order valence-corrected chi connectivity index (χ3v) is 4.52. The number of rotatable bonds is 2. The molecule has 4 N–H and O–H groups in total. The molecule has 0 atom stereocenters. The van der Waals surface area contributed by atoms with Gasteiger partial charge in [-0.1, -0.05) is 12.2 Å². The Morgan fingerprint density at radius 1 is 0.692 bits per heavy atom. The Bertz CT molecular complexity index is 1120. The summed E-state index contributed by atoms with van der Waals surface area (Å²) in [6.45, 7) is 0. The Hall–Kier alpha value is -3.54. The minimum absolute atomic E-state index is 0.631. The fourth-order valence-electron chi connectivity index (χ4n) is 3.16. The summed E-state index contributed by atoms with van der Waals surface area (Å²) >= 11 is 0. The van der Waals surface area contributed by atoms with Crippen LogP contribution in [0.1, 0.15) is 24.6 Å². The van der Waals surface area contributed by atoms with Gasteiger partial charge in [0.1, 0.15) is 11.0 Å². The van der Waals surface area contributed by atoms with Gasteiger partial charge in [-0.15, -0.1) is 0 Å². The standard InChI is InChI=1S/C20H16N4O2/c21-13-5-7-17-15(9-13)23-19(25-17)11-1-2-12(4-3-11)20-24-16-10-14(22)6-8-18(16)26-20/h1-2,5-10H,3-4,21-22H2. The molecule has 0 saturated heterocycles. The third-order valence-electron chi connectivity index (χ3n) is 4.52. The van der Waals surface area contributed by atoms with Crippen molar-refractivity contribution in [1.82, 2.24) is 9.97 Å². The number of anilines is 2. The monoisotopic (exact) mass is 344 g/mol. The first-order valence-corrected chi connectivity index (χ1v) is 8.38. The molecule has 0 radical (unpaired) electrons. The van der Waals surface area contributed by atoms with Gasteiger partial charge in [0, 0.05) is 22.5 Å². The van der Waals surface area contributed by atoms with Gasteiger partial charge in [-0.25, -0.2) is 9.97 Å². The highest BCUT2D eigenvalue weighted by Gasteiger charge is 2.18. The Morgan fingerprint density at radius 2 is 1.15 bits per heavy atom. The molecule has 0 fully saturated rings. The molecule has 26 heavy (non-hydrogen) atoms. The molecule has 4 aromatic rings. The summed E-state index contributed by atoms with van der Waals surface area (Å²) < 4.78 is 11.7. The van der Waals surface area contributed by atoms with Crippen molar-refractivity contribution < 1.29 is 8.83 Å². The smallest absolute Gasteiger partial charge is 0.223 e. The van der Waals surface area contributed by atoms with Crippen molar-refractivity contribution in [2.45, 2.75) is 12.8 Å². The van der Waals surface area contributed by atoms with Gasteiger partial charge in [-0.05, 0) is 49.2 Å². The summed E-state index contributed by atoms with van der Waals surface area (Å²) in [5.41, 5.74) is 18.1. The second-order valence-corrected chi connectivity index (χ2v) is 6.38. The van der Waals surface area contributed by atoms with Crippen LogP contribution >= 0.6 is 0 Å². The lowest BCUT2D eigenvalue weighted by Crippen LogP contribution is -1.94. The maximum absolute atomic E-state index is 5.85. The van der Waals surface area contributed by atoms with E-state index < -0.39 is 0 Å². The number of nitrogens with two attached hydrogens (primary N) is 2. The number of benzene rings is 2. The number of hydrogen-bond acceptors (Lipinski definition) is 6. The Morgan fingerprint density at radius 3 is 1.58 bits per heavy atom. The molecule has 2 aromatic heterocycles. The highest BCUT2D eigenvalue weighted by molar-refractivity contribution is 5.82. The number of oxazole rings is 2. The predicted octanol–water partition coefficient (Wildman–Crippen LogP) is 4.39. The Labute approximate surface area is 148 Å². The van der Waals surface area contributed by atoms with E-state index in [9.17, 15) is 0 Å². The van der Waals surface area contributed by atoms with Crippen LogP contribution in [0.15, 0.2) is 57.4 Å². The fraction of sp³-hybridized carbons (Fsp3) is 0.100. The lowest BCUT2D eigenvalue weighted by molar-refractivity contribution is 0.574. The molecule has 6 nitrogen and oxygen atoms in total. The van der Waals surface area contributed by atoms with E-state index in [2.05, 4.69) is 9.97 Å². The van der Waals surface area contributed by atoms with Crippen molar-refractivity contribution in [1.29, 1.82) is 0 Å². The lowest BCUT2D eigenvalue weighted by Gasteiger charge is -2.09. The van der Waals surface area contributed by atoms with Gasteiger partial charge in [0.05, 0.1) is 0 Å². The highest BCUT2D eigenvalue weighted by Crippen LogP contribution is 2.33. The van der Waals surface area contributed by atoms with Crippen molar-refractivity contribution in [2.75, 3.05) is 11.5 Å². The van der Waals surface area contributed by atoms with Crippen LogP contribution in [0.3, 0.4) is 0 Å². The first-order chi connectivity index (χ1) is 12.7. The highest BCUT2D eigenvalue weighted by atomic mass is 16.4. The zero-order valence-electron chi connectivity index (χ0n) is 13.9. The number of allylic oxidation sites excluding steroid dienone is 4. The normalized spacial score (nSPS) is 14.6. The number of fused-ring (bicyclic) bond motifs is 2. The average Bonchev–Trinajstić information content (AvgIpc) is 3.25. The van der Waals surface area contributed by atoms with Crippen LogP contribution in [-0.4, -0.2) is 9.97 Å². The maximum Gasteiger partial charge on any atom is 0.223 e. The summed E-state index contributed by atoms with van der Waals surface area (Å²) in [6.07, 6.45) is 5.62. The molecule has 2 aromatic carbocycles. The molecule has 0 aliphatic heterocycles. The topological polar surface area (TPSA) is 104 Å². The van der Waals surface area contributed by atoms with Gasteiger partial charge in [0.2, 0.25) is 11.8 Å². The van der Waals surface area contributed by atoms with Crippen LogP contribution < -0.4 is 11.5 Å². The zero-order valence-corrected chi connectivity index (χ0v) is 13.9. The van der Waals surface area contributed by atoms with Gasteiger partial charge in [-0.2, -0.15) is 0 Å². The third kappa shape index (κ3) is 2.43. The van der Waals surface area contributed by atoms with Gasteiger partial charge in [-0.3, -0.25) is 0 Å². The van der Waals surface area contributed by atoms with Gasteiger partial charge < -0.3 is 20.3 Å². The minimum Gasteiger partial charge on any atom is -0.436 e. The van der Waals surface area contributed by atoms with Crippen LogP contribution in [0.2, 0.25) is 0 Å². The molecule has 5 rings (SSSR count). The van der Waals surface area contributed by atoms with Gasteiger partial charge in [0.25, 0.3) is 0 Å². The molecule has 0 saturated carbocycles. The second kappa shape index (κ2) is 5.49. The average molecular weight is 344 g/mol. The van der Waals surface area contributed by atoms with Crippen molar-refractivity contribution in [2.24, 2.45) is 0 Å². The molecule has 0 bridgehead atoms. The van der Waals surface area contributed by atoms with Gasteiger partial charge >= 0.3 is 0 Å². The first-order valence-electron chi connectivity index (χ1n) is 8.38. The maximum atomic E-state index is 5.85. The van der Waals surface area contributed by atoms with Crippen LogP contribution in [0.25, 0.3) is 33.3 Å². The van der Waals surface area contributed by atoms with Crippen LogP contribution in [-0.2, 0) is 0 Å². The van der Waals surface area contributed by atoms with E-state index in [1.165, 1.54) is 0 Å². The Balaban J connectivity index is 1.49. The largest absolute Gasteiger partial charge is 0.436 e. The molecule has 6 heteroatoms. The Kier molecular flexibility index (Phi) is 3.12. The number of aromatic nitrogens is 2. The summed E-state index contributed by atoms with van der Waals surface area (Å²) in [7, 11) is 0.